The molecule has 7 heteroatoms. The number of nitrogens with one attached hydrogen (secondary N) is 1. The molecule has 0 aliphatic carbocycles. The van der Waals surface area contributed by atoms with Gasteiger partial charge in [0.1, 0.15) is 5.00 Å². The lowest BCUT2D eigenvalue weighted by Crippen LogP contribution is -2.17. The van der Waals surface area contributed by atoms with Gasteiger partial charge in [0.25, 0.3) is 11.8 Å². The van der Waals surface area contributed by atoms with E-state index < -0.39 is 5.91 Å². The Hall–Kier alpha value is -1.86. The number of carbonyl (C=O) groups excluding carboxylic acids is 2. The molecule has 0 aliphatic heterocycles. The molecule has 1 aromatic heterocycles. The van der Waals surface area contributed by atoms with Gasteiger partial charge in [-0.1, -0.05) is 15.9 Å². The Balaban J connectivity index is 2.28. The Kier molecular flexibility index (Phi) is 3.87. The molecule has 0 bridgehead atoms. The number of amides is 2. The number of nitrogens with two attached hydrogens (primary N) is 2. The van der Waals surface area contributed by atoms with Gasteiger partial charge in [-0.05, 0) is 29.6 Å². The second kappa shape index (κ2) is 5.41. The molecule has 1 aromatic carbocycles. The van der Waals surface area contributed by atoms with E-state index in [-0.39, 0.29) is 11.5 Å². The molecule has 0 unspecified atom stereocenters. The van der Waals surface area contributed by atoms with E-state index in [9.17, 15) is 9.59 Å². The van der Waals surface area contributed by atoms with Gasteiger partial charge in [-0.2, -0.15) is 0 Å². The lowest BCUT2D eigenvalue weighted by atomic mass is 10.1. The van der Waals surface area contributed by atoms with Crippen molar-refractivity contribution in [2.24, 2.45) is 5.73 Å². The molecule has 0 saturated heterocycles. The van der Waals surface area contributed by atoms with Gasteiger partial charge in [0.2, 0.25) is 0 Å². The third-order valence-corrected chi connectivity index (χ3v) is 3.74. The maximum Gasteiger partial charge on any atom is 0.258 e. The van der Waals surface area contributed by atoms with Crippen molar-refractivity contribution in [2.75, 3.05) is 11.1 Å². The van der Waals surface area contributed by atoms with E-state index in [2.05, 4.69) is 21.2 Å². The average molecular weight is 340 g/mol. The van der Waals surface area contributed by atoms with E-state index in [1.54, 1.807) is 29.6 Å². The van der Waals surface area contributed by atoms with Crippen LogP contribution in [0.3, 0.4) is 0 Å². The Labute approximate surface area is 121 Å². The van der Waals surface area contributed by atoms with Crippen molar-refractivity contribution in [1.29, 1.82) is 0 Å². The van der Waals surface area contributed by atoms with Crippen molar-refractivity contribution in [1.82, 2.24) is 0 Å². The first-order valence-corrected chi connectivity index (χ1v) is 6.90. The van der Waals surface area contributed by atoms with Crippen molar-refractivity contribution in [3.8, 4) is 0 Å². The first-order valence-electron chi connectivity index (χ1n) is 5.22. The normalized spacial score (nSPS) is 10.2. The molecule has 0 aliphatic rings. The van der Waals surface area contributed by atoms with E-state index in [4.69, 9.17) is 11.5 Å². The van der Waals surface area contributed by atoms with Crippen LogP contribution in [-0.4, -0.2) is 11.8 Å². The quantitative estimate of drug-likeness (QED) is 0.749. The lowest BCUT2D eigenvalue weighted by molar-refractivity contribution is 0.100. The first-order chi connectivity index (χ1) is 8.99. The summed E-state index contributed by atoms with van der Waals surface area (Å²) in [5, 5.41) is 4.73. The molecule has 0 radical (unpaired) electrons. The van der Waals surface area contributed by atoms with Crippen molar-refractivity contribution in [3.05, 3.63) is 45.2 Å². The fraction of sp³-hybridized carbons (Fsp3) is 0. The fourth-order valence-electron chi connectivity index (χ4n) is 1.50. The smallest absolute Gasteiger partial charge is 0.258 e. The van der Waals surface area contributed by atoms with Crippen LogP contribution in [0.15, 0.2) is 34.1 Å². The summed E-state index contributed by atoms with van der Waals surface area (Å²) in [6, 6.07) is 6.55. The largest absolute Gasteiger partial charge is 0.398 e. The summed E-state index contributed by atoms with van der Waals surface area (Å²) in [6.45, 7) is 0. The fourth-order valence-corrected chi connectivity index (χ4v) is 2.64. The number of carbonyl (C=O) groups is 2. The minimum Gasteiger partial charge on any atom is -0.398 e. The van der Waals surface area contributed by atoms with Gasteiger partial charge in [0.15, 0.2) is 0 Å². The molecule has 19 heavy (non-hydrogen) atoms. The van der Waals surface area contributed by atoms with Crippen molar-refractivity contribution in [2.45, 2.75) is 0 Å². The molecule has 2 rings (SSSR count). The molecule has 2 aromatic rings. The SMILES string of the molecule is NC(=O)c1ccsc1NC(=O)c1cc(Br)ccc1N. The summed E-state index contributed by atoms with van der Waals surface area (Å²) < 4.78 is 0.744. The maximum atomic E-state index is 12.1. The molecular formula is C12H10BrN3O2S. The van der Waals surface area contributed by atoms with E-state index >= 15 is 0 Å². The van der Waals surface area contributed by atoms with E-state index in [1.165, 1.54) is 11.3 Å². The highest BCUT2D eigenvalue weighted by Crippen LogP contribution is 2.25. The van der Waals surface area contributed by atoms with Crippen LogP contribution in [0.5, 0.6) is 0 Å². The van der Waals surface area contributed by atoms with Gasteiger partial charge in [-0.15, -0.1) is 11.3 Å². The summed E-state index contributed by atoms with van der Waals surface area (Å²) in [5.74, 6) is -0.970. The molecule has 0 spiro atoms. The highest BCUT2D eigenvalue weighted by Gasteiger charge is 2.15. The molecule has 0 fully saturated rings. The topological polar surface area (TPSA) is 98.2 Å². The highest BCUT2D eigenvalue weighted by molar-refractivity contribution is 9.10. The number of thiophene rings is 1. The number of hydrogen-bond donors (Lipinski definition) is 3. The van der Waals surface area contributed by atoms with Gasteiger partial charge >= 0.3 is 0 Å². The highest BCUT2D eigenvalue weighted by atomic mass is 79.9. The van der Waals surface area contributed by atoms with Crippen LogP contribution in [0.4, 0.5) is 10.7 Å². The van der Waals surface area contributed by atoms with Crippen LogP contribution in [0.2, 0.25) is 0 Å². The van der Waals surface area contributed by atoms with E-state index in [0.717, 1.165) is 4.47 Å². The summed E-state index contributed by atoms with van der Waals surface area (Å²) in [5.41, 5.74) is 11.9. The zero-order valence-electron chi connectivity index (χ0n) is 9.64. The van der Waals surface area contributed by atoms with Crippen molar-refractivity contribution >= 4 is 49.8 Å². The van der Waals surface area contributed by atoms with Crippen LogP contribution in [0, 0.1) is 0 Å². The zero-order chi connectivity index (χ0) is 14.0. The predicted octanol–water partition coefficient (Wildman–Crippen LogP) is 2.44. The Bertz CT molecular complexity index is 654. The second-order valence-electron chi connectivity index (χ2n) is 3.71. The predicted molar refractivity (Wildman–Crippen MR) is 79.3 cm³/mol. The van der Waals surface area contributed by atoms with Gasteiger partial charge in [-0.25, -0.2) is 0 Å². The molecule has 2 amide bonds. The second-order valence-corrected chi connectivity index (χ2v) is 5.55. The van der Waals surface area contributed by atoms with Crippen molar-refractivity contribution in [3.63, 3.8) is 0 Å². The minimum absolute atomic E-state index is 0.284. The Morgan fingerprint density at radius 2 is 1.95 bits per heavy atom. The average Bonchev–Trinajstić information content (AvgIpc) is 2.80. The Morgan fingerprint density at radius 3 is 2.63 bits per heavy atom. The van der Waals surface area contributed by atoms with Crippen molar-refractivity contribution < 1.29 is 9.59 Å². The molecular weight excluding hydrogens is 330 g/mol. The summed E-state index contributed by atoms with van der Waals surface area (Å²) in [4.78, 5) is 23.3. The van der Waals surface area contributed by atoms with Crippen LogP contribution < -0.4 is 16.8 Å². The zero-order valence-corrected chi connectivity index (χ0v) is 12.0. The number of hydrogen-bond acceptors (Lipinski definition) is 4. The molecule has 1 heterocycles. The molecule has 0 atom stereocenters. The number of nitrogen functional groups attached to an aromatic ring is 1. The van der Waals surface area contributed by atoms with Crippen LogP contribution in [0.25, 0.3) is 0 Å². The third kappa shape index (κ3) is 2.94. The Morgan fingerprint density at radius 1 is 1.21 bits per heavy atom. The number of halogens is 1. The number of anilines is 2. The first kappa shape index (κ1) is 13.6. The summed E-state index contributed by atoms with van der Waals surface area (Å²) in [7, 11) is 0. The number of rotatable bonds is 3. The number of primary amides is 1. The van der Waals surface area contributed by atoms with E-state index in [1.807, 2.05) is 0 Å². The number of benzene rings is 1. The summed E-state index contributed by atoms with van der Waals surface area (Å²) >= 11 is 4.50. The van der Waals surface area contributed by atoms with Crippen LogP contribution in [-0.2, 0) is 0 Å². The van der Waals surface area contributed by atoms with Gasteiger partial charge in [0.05, 0.1) is 11.1 Å². The minimum atomic E-state index is -0.584. The molecule has 98 valence electrons. The van der Waals surface area contributed by atoms with Gasteiger partial charge in [-0.3, -0.25) is 9.59 Å². The van der Waals surface area contributed by atoms with Gasteiger partial charge in [0, 0.05) is 10.2 Å². The molecule has 5 nitrogen and oxygen atoms in total. The third-order valence-electron chi connectivity index (χ3n) is 2.42. The monoisotopic (exact) mass is 339 g/mol. The standard InChI is InChI=1S/C12H10BrN3O2S/c13-6-1-2-9(14)8(5-6)11(18)16-12-7(10(15)17)3-4-19-12/h1-5H,14H2,(H2,15,17)(H,16,18). The summed E-state index contributed by atoms with van der Waals surface area (Å²) in [6.07, 6.45) is 0. The van der Waals surface area contributed by atoms with Crippen LogP contribution in [0.1, 0.15) is 20.7 Å². The molecule has 0 saturated carbocycles. The molecule has 5 N–H and O–H groups in total. The van der Waals surface area contributed by atoms with E-state index in [0.29, 0.717) is 16.3 Å². The maximum absolute atomic E-state index is 12.1. The van der Waals surface area contributed by atoms with Crippen LogP contribution >= 0.6 is 27.3 Å². The lowest BCUT2D eigenvalue weighted by Gasteiger charge is -2.07. The van der Waals surface area contributed by atoms with Gasteiger partial charge < -0.3 is 16.8 Å².